The molecule has 0 fully saturated rings. The highest BCUT2D eigenvalue weighted by Crippen LogP contribution is 2.58. The number of rotatable bonds is 4. The van der Waals surface area contributed by atoms with E-state index in [0.29, 0.717) is 0 Å². The number of anilines is 5. The molecule has 0 amide bonds. The van der Waals surface area contributed by atoms with E-state index in [1.54, 1.807) is 0 Å². The fourth-order valence-corrected chi connectivity index (χ4v) is 12.8. The summed E-state index contributed by atoms with van der Waals surface area (Å²) in [5.74, 6) is 1.67. The van der Waals surface area contributed by atoms with Gasteiger partial charge in [0.15, 0.2) is 18.8 Å². The Morgan fingerprint density at radius 3 is 1.90 bits per heavy atom. The van der Waals surface area contributed by atoms with E-state index in [1.165, 1.54) is 118 Å². The van der Waals surface area contributed by atoms with Gasteiger partial charge in [-0.15, -0.1) is 0 Å². The van der Waals surface area contributed by atoms with E-state index in [1.807, 2.05) is 0 Å². The summed E-state index contributed by atoms with van der Waals surface area (Å²) in [6, 6.07) is 59.2. The predicted octanol–water partition coefficient (Wildman–Crippen LogP) is 16.2. The molecule has 0 spiro atoms. The van der Waals surface area contributed by atoms with Gasteiger partial charge in [0.25, 0.3) is 0 Å². The molecule has 0 saturated carbocycles. The first kappa shape index (κ1) is 41.5. The Balaban J connectivity index is 1.15. The van der Waals surface area contributed by atoms with Crippen molar-refractivity contribution in [2.24, 2.45) is 0 Å². The predicted molar refractivity (Wildman–Crippen MR) is 296 cm³/mol. The first-order valence-corrected chi connectivity index (χ1v) is 25.1. The van der Waals surface area contributed by atoms with Crippen LogP contribution in [0.3, 0.4) is 0 Å². The molecule has 5 heteroatoms. The molecule has 10 aromatic rings. The molecule has 4 aliphatic rings. The summed E-state index contributed by atoms with van der Waals surface area (Å²) in [7, 11) is 2.48. The molecule has 1 radical (unpaired) electrons. The molecule has 9 aromatic carbocycles. The molecule has 0 unspecified atom stereocenters. The van der Waals surface area contributed by atoms with Crippen molar-refractivity contribution >= 4 is 79.2 Å². The normalized spacial score (nSPS) is 16.1. The topological polar surface area (TPSA) is 29.4 Å². The number of nitrogens with one attached hydrogen (secondary N) is 1. The number of hydrogen-bond acceptors (Lipinski definition) is 3. The van der Waals surface area contributed by atoms with Crippen LogP contribution in [-0.2, 0) is 16.2 Å². The monoisotopic (exact) mass is 904 g/mol. The lowest BCUT2D eigenvalue weighted by Crippen LogP contribution is -2.37. The molecule has 1 N–H and O–H groups in total. The van der Waals surface area contributed by atoms with E-state index in [2.05, 4.69) is 235 Å². The van der Waals surface area contributed by atoms with Gasteiger partial charge < -0.3 is 19.5 Å². The minimum absolute atomic E-state index is 0.0788. The van der Waals surface area contributed by atoms with Gasteiger partial charge in [-0.1, -0.05) is 143 Å². The van der Waals surface area contributed by atoms with Crippen LogP contribution in [0, 0.1) is 13.8 Å². The summed E-state index contributed by atoms with van der Waals surface area (Å²) in [5.41, 5.74) is 24.6. The maximum atomic E-state index is 6.73. The lowest BCUT2D eigenvalue weighted by atomic mass is 9.58. The second-order valence-electron chi connectivity index (χ2n) is 22.4. The van der Waals surface area contributed by atoms with Crippen LogP contribution in [-0.4, -0.2) is 11.8 Å². The number of fused-ring (bicyclic) bond motifs is 13. The first-order valence-electron chi connectivity index (χ1n) is 25.1. The number of aromatic nitrogens is 1. The van der Waals surface area contributed by atoms with Crippen molar-refractivity contribution < 1.29 is 4.74 Å². The van der Waals surface area contributed by atoms with Gasteiger partial charge in [0, 0.05) is 38.8 Å². The van der Waals surface area contributed by atoms with Gasteiger partial charge in [0.1, 0.15) is 0 Å². The standard InChI is InChI=1S/C65H55BN3O/c1-37-21-25-40(26-22-37)67-51-36-47-42(43-33-48-49(35-46(43)65(47,7)8)64(5,6)30-29-63(48,3)4)32-44(51)45-34-56(68-53-17-11-13-19-57(53)70-58-20-14-12-18-54(58)68)60-59-41-16-10-9-15-39(41)24-28-55(59)69-52-27-23-38(2)31-50(52)66-61(45)62(60)69/h9-28,31-36,67H,29-30H2,1-8H3. The molecular weight excluding hydrogens is 850 g/mol. The first-order chi connectivity index (χ1) is 33.7. The lowest BCUT2D eigenvalue weighted by molar-refractivity contribution is 0.331. The van der Waals surface area contributed by atoms with E-state index in [9.17, 15) is 0 Å². The minimum Gasteiger partial charge on any atom is -0.453 e. The Hall–Kier alpha value is -7.50. The van der Waals surface area contributed by atoms with E-state index < -0.39 is 0 Å². The molecule has 2 aliphatic heterocycles. The van der Waals surface area contributed by atoms with Gasteiger partial charge in [-0.3, -0.25) is 0 Å². The maximum absolute atomic E-state index is 6.73. The Kier molecular flexibility index (Phi) is 8.47. The van der Waals surface area contributed by atoms with Crippen LogP contribution in [0.1, 0.15) is 87.8 Å². The van der Waals surface area contributed by atoms with Crippen molar-refractivity contribution in [2.45, 2.75) is 84.5 Å². The molecule has 14 rings (SSSR count). The van der Waals surface area contributed by atoms with Crippen molar-refractivity contribution in [3.05, 3.63) is 191 Å². The second kappa shape index (κ2) is 14.3. The van der Waals surface area contributed by atoms with Gasteiger partial charge in [-0.05, 0) is 165 Å². The lowest BCUT2D eigenvalue weighted by Gasteiger charge is -2.42. The molecule has 0 bridgehead atoms. The zero-order chi connectivity index (χ0) is 47.6. The molecular formula is C65H55BN3O. The number of nitrogens with zero attached hydrogens (tertiary/aromatic N) is 2. The Morgan fingerprint density at radius 2 is 1.16 bits per heavy atom. The van der Waals surface area contributed by atoms with E-state index in [0.717, 1.165) is 39.9 Å². The highest BCUT2D eigenvalue weighted by molar-refractivity contribution is 6.74. The summed E-state index contributed by atoms with van der Waals surface area (Å²) in [6.07, 6.45) is 2.36. The van der Waals surface area contributed by atoms with Crippen LogP contribution in [0.4, 0.5) is 28.4 Å². The molecule has 339 valence electrons. The average Bonchev–Trinajstić information content (AvgIpc) is 3.82. The highest BCUT2D eigenvalue weighted by atomic mass is 16.5. The maximum Gasteiger partial charge on any atom is 0.197 e. The summed E-state index contributed by atoms with van der Waals surface area (Å²) < 4.78 is 9.30. The summed E-state index contributed by atoms with van der Waals surface area (Å²) in [6.45, 7) is 19.1. The van der Waals surface area contributed by atoms with Gasteiger partial charge in [-0.2, -0.15) is 0 Å². The van der Waals surface area contributed by atoms with Crippen LogP contribution in [0.2, 0.25) is 0 Å². The number of aryl methyl sites for hydroxylation is 2. The fraction of sp³-hybridized carbons (Fsp3) is 0.200. The van der Waals surface area contributed by atoms with E-state index >= 15 is 0 Å². The minimum atomic E-state index is -0.222. The quantitative estimate of drug-likeness (QED) is 0.178. The smallest absolute Gasteiger partial charge is 0.197 e. The fourth-order valence-electron chi connectivity index (χ4n) is 12.8. The van der Waals surface area contributed by atoms with E-state index in [4.69, 9.17) is 4.74 Å². The Labute approximate surface area is 411 Å². The van der Waals surface area contributed by atoms with Gasteiger partial charge in [0.2, 0.25) is 0 Å². The van der Waals surface area contributed by atoms with Gasteiger partial charge >= 0.3 is 0 Å². The SMILES string of the molecule is Cc1ccc(Nc2cc3c(cc2-c2cc(N4c5ccccc5Oc5ccccc54)c4c5c6ccccc6ccc5n5c4c2[B]c2cc(C)ccc2-5)-c2cc4c(cc2C3(C)C)C(C)(C)CCC4(C)C)cc1. The molecule has 0 saturated heterocycles. The number of para-hydroxylation sites is 4. The van der Waals surface area contributed by atoms with Crippen LogP contribution >= 0.6 is 0 Å². The average molecular weight is 905 g/mol. The zero-order valence-electron chi connectivity index (χ0n) is 41.3. The molecule has 4 nitrogen and oxygen atoms in total. The third-order valence-electron chi connectivity index (χ3n) is 16.7. The zero-order valence-corrected chi connectivity index (χ0v) is 41.3. The Bertz CT molecular complexity index is 3880. The number of benzene rings is 9. The van der Waals surface area contributed by atoms with Gasteiger partial charge in [0.05, 0.1) is 28.1 Å². The van der Waals surface area contributed by atoms with Crippen molar-refractivity contribution in [1.82, 2.24) is 4.57 Å². The van der Waals surface area contributed by atoms with Crippen LogP contribution in [0.25, 0.3) is 60.5 Å². The van der Waals surface area contributed by atoms with Crippen LogP contribution < -0.4 is 25.9 Å². The molecule has 3 heterocycles. The molecule has 70 heavy (non-hydrogen) atoms. The van der Waals surface area contributed by atoms with Crippen LogP contribution in [0.5, 0.6) is 11.5 Å². The van der Waals surface area contributed by atoms with Crippen molar-refractivity contribution in [3.8, 4) is 39.4 Å². The Morgan fingerprint density at radius 1 is 0.514 bits per heavy atom. The highest BCUT2D eigenvalue weighted by Gasteiger charge is 2.43. The molecule has 2 aliphatic carbocycles. The number of hydrogen-bond donors (Lipinski definition) is 1. The van der Waals surface area contributed by atoms with Crippen molar-refractivity contribution in [1.29, 1.82) is 0 Å². The van der Waals surface area contributed by atoms with Crippen molar-refractivity contribution in [2.75, 3.05) is 10.2 Å². The van der Waals surface area contributed by atoms with Crippen LogP contribution in [0.15, 0.2) is 158 Å². The summed E-state index contributed by atoms with van der Waals surface area (Å²) in [5, 5.41) is 8.99. The van der Waals surface area contributed by atoms with E-state index in [-0.39, 0.29) is 16.2 Å². The second-order valence-corrected chi connectivity index (χ2v) is 22.4. The third-order valence-corrected chi connectivity index (χ3v) is 16.7. The third kappa shape index (κ3) is 5.78. The van der Waals surface area contributed by atoms with Crippen molar-refractivity contribution in [3.63, 3.8) is 0 Å². The molecule has 0 atom stereocenters. The number of ether oxygens (including phenoxy) is 1. The largest absolute Gasteiger partial charge is 0.453 e. The van der Waals surface area contributed by atoms with Gasteiger partial charge in [-0.25, -0.2) is 0 Å². The molecule has 1 aromatic heterocycles. The summed E-state index contributed by atoms with van der Waals surface area (Å²) >= 11 is 0. The summed E-state index contributed by atoms with van der Waals surface area (Å²) in [4.78, 5) is 2.47.